The van der Waals surface area contributed by atoms with Crippen LogP contribution in [0, 0.1) is 5.92 Å². The zero-order valence-corrected chi connectivity index (χ0v) is 16.6. The third kappa shape index (κ3) is 4.63. The van der Waals surface area contributed by atoms with Crippen LogP contribution in [0.15, 0.2) is 48.5 Å². The molecule has 0 aromatic heterocycles. The number of piperidine rings is 1. The first-order chi connectivity index (χ1) is 13.5. The molecule has 148 valence electrons. The molecule has 2 aromatic carbocycles. The summed E-state index contributed by atoms with van der Waals surface area (Å²) in [6.45, 7) is 1.15. The minimum absolute atomic E-state index is 0.0166. The van der Waals surface area contributed by atoms with Gasteiger partial charge in [0.2, 0.25) is 5.91 Å². The lowest BCUT2D eigenvalue weighted by Gasteiger charge is -2.31. The van der Waals surface area contributed by atoms with E-state index in [4.69, 9.17) is 4.74 Å². The van der Waals surface area contributed by atoms with Gasteiger partial charge in [0.25, 0.3) is 5.91 Å². The Labute approximate surface area is 166 Å². The van der Waals surface area contributed by atoms with Crippen LogP contribution in [-0.2, 0) is 4.79 Å². The van der Waals surface area contributed by atoms with Crippen molar-refractivity contribution in [2.45, 2.75) is 12.8 Å². The van der Waals surface area contributed by atoms with E-state index in [1.807, 2.05) is 60.3 Å². The fraction of sp³-hybridized carbons (Fsp3) is 0.364. The van der Waals surface area contributed by atoms with Crippen LogP contribution in [0.2, 0.25) is 0 Å². The van der Waals surface area contributed by atoms with E-state index in [1.54, 1.807) is 19.2 Å². The van der Waals surface area contributed by atoms with E-state index in [-0.39, 0.29) is 17.7 Å². The third-order valence-corrected chi connectivity index (χ3v) is 5.12. The summed E-state index contributed by atoms with van der Waals surface area (Å²) in [5.74, 6) is 0.589. The molecule has 0 spiro atoms. The molecular formula is C22H27N3O3. The maximum absolute atomic E-state index is 12.7. The van der Waals surface area contributed by atoms with Crippen molar-refractivity contribution in [3.8, 4) is 5.75 Å². The summed E-state index contributed by atoms with van der Waals surface area (Å²) in [7, 11) is 5.55. The highest BCUT2D eigenvalue weighted by Crippen LogP contribution is 2.23. The quantitative estimate of drug-likeness (QED) is 0.864. The minimum Gasteiger partial charge on any atom is -0.497 e. The molecule has 0 unspecified atom stereocenters. The number of anilines is 2. The van der Waals surface area contributed by atoms with Crippen molar-refractivity contribution in [2.24, 2.45) is 5.92 Å². The van der Waals surface area contributed by atoms with Gasteiger partial charge in [-0.25, -0.2) is 0 Å². The van der Waals surface area contributed by atoms with E-state index in [9.17, 15) is 9.59 Å². The highest BCUT2D eigenvalue weighted by molar-refractivity contribution is 5.95. The monoisotopic (exact) mass is 381 g/mol. The second-order valence-electron chi connectivity index (χ2n) is 7.23. The Morgan fingerprint density at radius 3 is 2.36 bits per heavy atom. The van der Waals surface area contributed by atoms with Crippen molar-refractivity contribution in [1.82, 2.24) is 4.90 Å². The molecule has 2 amide bonds. The van der Waals surface area contributed by atoms with Crippen LogP contribution in [-0.4, -0.2) is 51.0 Å². The van der Waals surface area contributed by atoms with Crippen LogP contribution in [0.3, 0.4) is 0 Å². The Balaban J connectivity index is 1.54. The number of ether oxygens (including phenoxy) is 1. The van der Waals surface area contributed by atoms with E-state index in [1.165, 1.54) is 0 Å². The lowest BCUT2D eigenvalue weighted by Crippen LogP contribution is -2.41. The average molecular weight is 381 g/mol. The summed E-state index contributed by atoms with van der Waals surface area (Å²) in [4.78, 5) is 29.1. The van der Waals surface area contributed by atoms with Gasteiger partial charge in [0.15, 0.2) is 0 Å². The summed E-state index contributed by atoms with van der Waals surface area (Å²) >= 11 is 0. The molecule has 1 saturated heterocycles. The zero-order valence-electron chi connectivity index (χ0n) is 16.6. The standard InChI is InChI=1S/C22H27N3O3/c1-24(2)19-9-7-18(8-10-19)23-21(26)16-11-13-25(14-12-16)22(27)17-5-4-6-20(15-17)28-3/h4-10,15-16H,11-14H2,1-3H3,(H,23,26). The molecule has 6 nitrogen and oxygen atoms in total. The number of likely N-dealkylation sites (tertiary alicyclic amines) is 1. The fourth-order valence-electron chi connectivity index (χ4n) is 3.37. The van der Waals surface area contributed by atoms with Crippen LogP contribution in [0.1, 0.15) is 23.2 Å². The van der Waals surface area contributed by atoms with Gasteiger partial charge in [-0.1, -0.05) is 6.07 Å². The Morgan fingerprint density at radius 2 is 1.75 bits per heavy atom. The predicted octanol–water partition coefficient (Wildman–Crippen LogP) is 3.25. The molecule has 1 aliphatic heterocycles. The van der Waals surface area contributed by atoms with Gasteiger partial charge in [-0.2, -0.15) is 0 Å². The van der Waals surface area contributed by atoms with E-state index >= 15 is 0 Å². The van der Waals surface area contributed by atoms with Gasteiger partial charge in [0.1, 0.15) is 5.75 Å². The van der Waals surface area contributed by atoms with Gasteiger partial charge in [-0.15, -0.1) is 0 Å². The summed E-state index contributed by atoms with van der Waals surface area (Å²) in [5.41, 5.74) is 2.50. The first kappa shape index (κ1) is 19.7. The summed E-state index contributed by atoms with van der Waals surface area (Å²) in [6, 6.07) is 14.9. The average Bonchev–Trinajstić information content (AvgIpc) is 2.73. The van der Waals surface area contributed by atoms with E-state index in [0.29, 0.717) is 37.2 Å². The highest BCUT2D eigenvalue weighted by atomic mass is 16.5. The molecule has 28 heavy (non-hydrogen) atoms. The van der Waals surface area contributed by atoms with Crippen molar-refractivity contribution in [3.63, 3.8) is 0 Å². The predicted molar refractivity (Wildman–Crippen MR) is 111 cm³/mol. The topological polar surface area (TPSA) is 61.9 Å². The summed E-state index contributed by atoms with van der Waals surface area (Å²) in [5, 5.41) is 2.99. The number of carbonyl (C=O) groups excluding carboxylic acids is 2. The molecule has 0 aliphatic carbocycles. The molecule has 0 atom stereocenters. The van der Waals surface area contributed by atoms with Crippen molar-refractivity contribution in [1.29, 1.82) is 0 Å². The Bertz CT molecular complexity index is 825. The molecular weight excluding hydrogens is 354 g/mol. The second-order valence-corrected chi connectivity index (χ2v) is 7.23. The van der Waals surface area contributed by atoms with Crippen molar-refractivity contribution < 1.29 is 14.3 Å². The number of nitrogens with one attached hydrogen (secondary N) is 1. The van der Waals surface area contributed by atoms with Crippen molar-refractivity contribution in [3.05, 3.63) is 54.1 Å². The van der Waals surface area contributed by atoms with Crippen molar-refractivity contribution >= 4 is 23.2 Å². The first-order valence-electron chi connectivity index (χ1n) is 9.49. The van der Waals surface area contributed by atoms with E-state index < -0.39 is 0 Å². The van der Waals surface area contributed by atoms with Crippen LogP contribution in [0.25, 0.3) is 0 Å². The maximum Gasteiger partial charge on any atom is 0.253 e. The molecule has 1 N–H and O–H groups in total. The lowest BCUT2D eigenvalue weighted by molar-refractivity contribution is -0.121. The van der Waals surface area contributed by atoms with Crippen LogP contribution in [0.4, 0.5) is 11.4 Å². The van der Waals surface area contributed by atoms with Gasteiger partial charge in [-0.05, 0) is 55.3 Å². The summed E-state index contributed by atoms with van der Waals surface area (Å²) in [6.07, 6.45) is 1.33. The number of methoxy groups -OCH3 is 1. The van der Waals surface area contributed by atoms with Crippen LogP contribution in [0.5, 0.6) is 5.75 Å². The second kappa shape index (κ2) is 8.78. The molecule has 3 rings (SSSR count). The number of nitrogens with zero attached hydrogens (tertiary/aromatic N) is 2. The lowest BCUT2D eigenvalue weighted by atomic mass is 9.95. The van der Waals surface area contributed by atoms with E-state index in [2.05, 4.69) is 5.32 Å². The molecule has 0 saturated carbocycles. The third-order valence-electron chi connectivity index (χ3n) is 5.12. The highest BCUT2D eigenvalue weighted by Gasteiger charge is 2.28. The minimum atomic E-state index is -0.0807. The van der Waals surface area contributed by atoms with Crippen molar-refractivity contribution in [2.75, 3.05) is 44.5 Å². The number of hydrogen-bond acceptors (Lipinski definition) is 4. The normalized spacial score (nSPS) is 14.5. The smallest absolute Gasteiger partial charge is 0.253 e. The van der Waals surface area contributed by atoms with Gasteiger partial charge < -0.3 is 19.9 Å². The SMILES string of the molecule is COc1cccc(C(=O)N2CCC(C(=O)Nc3ccc(N(C)C)cc3)CC2)c1. The number of amides is 2. The molecule has 0 radical (unpaired) electrons. The van der Waals surface area contributed by atoms with Gasteiger partial charge in [-0.3, -0.25) is 9.59 Å². The number of benzene rings is 2. The van der Waals surface area contributed by atoms with E-state index in [0.717, 1.165) is 11.4 Å². The molecule has 6 heteroatoms. The number of hydrogen-bond donors (Lipinski definition) is 1. The number of rotatable bonds is 5. The largest absolute Gasteiger partial charge is 0.497 e. The zero-order chi connectivity index (χ0) is 20.1. The Hall–Kier alpha value is -3.02. The van der Waals surface area contributed by atoms with Crippen LogP contribution < -0.4 is 15.0 Å². The molecule has 1 heterocycles. The molecule has 1 fully saturated rings. The molecule has 2 aromatic rings. The maximum atomic E-state index is 12.7. The number of carbonyl (C=O) groups is 2. The summed E-state index contributed by atoms with van der Waals surface area (Å²) < 4.78 is 5.19. The molecule has 1 aliphatic rings. The van der Waals surface area contributed by atoms with Gasteiger partial charge >= 0.3 is 0 Å². The fourth-order valence-corrected chi connectivity index (χ4v) is 3.37. The van der Waals surface area contributed by atoms with Crippen LogP contribution >= 0.6 is 0 Å². The molecule has 0 bridgehead atoms. The Morgan fingerprint density at radius 1 is 1.07 bits per heavy atom. The van der Waals surface area contributed by atoms with Gasteiger partial charge in [0.05, 0.1) is 7.11 Å². The Kier molecular flexibility index (Phi) is 6.19. The van der Waals surface area contributed by atoms with Gasteiger partial charge in [0, 0.05) is 50.0 Å². The first-order valence-corrected chi connectivity index (χ1v) is 9.49.